The van der Waals surface area contributed by atoms with E-state index in [4.69, 9.17) is 0 Å². The fourth-order valence-corrected chi connectivity index (χ4v) is 6.38. The third-order valence-electron chi connectivity index (χ3n) is 8.46. The van der Waals surface area contributed by atoms with Crippen LogP contribution in [0, 0.1) is 11.6 Å². The Morgan fingerprint density at radius 3 is 2.27 bits per heavy atom. The fourth-order valence-electron chi connectivity index (χ4n) is 5.95. The molecule has 3 aromatic carbocycles. The van der Waals surface area contributed by atoms with Gasteiger partial charge in [0.2, 0.25) is 0 Å². The quantitative estimate of drug-likeness (QED) is 0.198. The molecule has 1 fully saturated rings. The minimum absolute atomic E-state index is 0.0121. The molecule has 1 amide bonds. The summed E-state index contributed by atoms with van der Waals surface area (Å²) >= 11 is 0. The molecule has 0 bridgehead atoms. The van der Waals surface area contributed by atoms with Gasteiger partial charge in [-0.3, -0.25) is 4.79 Å². The molecule has 45 heavy (non-hydrogen) atoms. The first-order valence-electron chi connectivity index (χ1n) is 15.5. The number of rotatable bonds is 12. The van der Waals surface area contributed by atoms with Gasteiger partial charge in [0, 0.05) is 35.7 Å². The molecule has 1 saturated carbocycles. The minimum Gasteiger partial charge on any atom is -0.390 e. The van der Waals surface area contributed by atoms with E-state index in [0.29, 0.717) is 11.3 Å². The largest absolute Gasteiger partial charge is 0.390 e. The van der Waals surface area contributed by atoms with Crippen LogP contribution in [0.4, 0.5) is 14.5 Å². The summed E-state index contributed by atoms with van der Waals surface area (Å²) in [6, 6.07) is 17.2. The zero-order valence-corrected chi connectivity index (χ0v) is 27.3. The highest BCUT2D eigenvalue weighted by molar-refractivity contribution is 7.90. The second-order valence-electron chi connectivity index (χ2n) is 13.3. The van der Waals surface area contributed by atoms with Crippen LogP contribution in [0.5, 0.6) is 0 Å². The Hall–Kier alpha value is -3.34. The summed E-state index contributed by atoms with van der Waals surface area (Å²) in [5, 5.41) is 20.9. The Morgan fingerprint density at radius 1 is 0.956 bits per heavy atom. The number of hydrogen-bond acceptors (Lipinski definition) is 6. The summed E-state index contributed by atoms with van der Waals surface area (Å²) in [5.41, 5.74) is 2.97. The Bertz CT molecular complexity index is 1560. The monoisotopic (exact) mass is 641 g/mol. The number of aliphatic hydroxyl groups is 1. The van der Waals surface area contributed by atoms with Crippen molar-refractivity contribution in [3.05, 3.63) is 101 Å². The zero-order valence-electron chi connectivity index (χ0n) is 26.5. The Labute approximate surface area is 265 Å². The number of carbonyl (C=O) groups is 1. The van der Waals surface area contributed by atoms with Gasteiger partial charge in [0.25, 0.3) is 5.91 Å². The Kier molecular flexibility index (Phi) is 11.0. The highest BCUT2D eigenvalue weighted by Gasteiger charge is 2.35. The summed E-state index contributed by atoms with van der Waals surface area (Å²) in [6.07, 6.45) is 4.99. The molecule has 3 aromatic rings. The van der Waals surface area contributed by atoms with Crippen LogP contribution in [-0.2, 0) is 27.2 Å². The number of carbonyl (C=O) groups excluding carboxylic acids is 1. The van der Waals surface area contributed by atoms with E-state index in [2.05, 4.69) is 61.0 Å². The molecule has 0 aliphatic heterocycles. The lowest BCUT2D eigenvalue weighted by Gasteiger charge is -2.41. The minimum atomic E-state index is -3.29. The van der Waals surface area contributed by atoms with E-state index < -0.39 is 39.5 Å². The lowest BCUT2D eigenvalue weighted by Crippen LogP contribution is -2.53. The smallest absolute Gasteiger partial charge is 0.251 e. The molecule has 1 aliphatic carbocycles. The number of aliphatic hydroxyl groups excluding tert-OH is 1. The Balaban J connectivity index is 1.58. The molecule has 0 radical (unpaired) electrons. The van der Waals surface area contributed by atoms with Gasteiger partial charge in [-0.05, 0) is 71.7 Å². The third-order valence-corrected chi connectivity index (χ3v) is 9.13. The first-order valence-corrected chi connectivity index (χ1v) is 17.5. The van der Waals surface area contributed by atoms with Crippen LogP contribution in [-0.4, -0.2) is 50.3 Å². The van der Waals surface area contributed by atoms with Crippen molar-refractivity contribution in [2.75, 3.05) is 24.0 Å². The molecule has 1 aliphatic rings. The van der Waals surface area contributed by atoms with Gasteiger partial charge >= 0.3 is 0 Å². The predicted molar refractivity (Wildman–Crippen MR) is 175 cm³/mol. The van der Waals surface area contributed by atoms with Crippen molar-refractivity contribution in [1.82, 2.24) is 10.6 Å². The summed E-state index contributed by atoms with van der Waals surface area (Å²) in [4.78, 5) is 13.4. The third kappa shape index (κ3) is 9.82. The summed E-state index contributed by atoms with van der Waals surface area (Å²) in [5.74, 6) is -2.29. The van der Waals surface area contributed by atoms with Gasteiger partial charge in [-0.15, -0.1) is 0 Å². The van der Waals surface area contributed by atoms with Crippen molar-refractivity contribution >= 4 is 21.4 Å². The highest BCUT2D eigenvalue weighted by Crippen LogP contribution is 2.38. The maximum absolute atomic E-state index is 14.1. The number of nitrogens with one attached hydrogen (secondary N) is 3. The van der Waals surface area contributed by atoms with Crippen molar-refractivity contribution in [3.63, 3.8) is 0 Å². The molecule has 4 rings (SSSR count). The zero-order chi connectivity index (χ0) is 32.8. The van der Waals surface area contributed by atoms with Gasteiger partial charge in [0.15, 0.2) is 9.84 Å². The topological polar surface area (TPSA) is 108 Å². The van der Waals surface area contributed by atoms with Gasteiger partial charge in [-0.2, -0.15) is 0 Å². The SMILES string of the molecule is CC(C)(C)c1cccc(C2(NCC(O)C(Cc3cc(F)cc(F)c3)NC(=O)c3cccc(NCS(C)(=O)=O)c3)CCCCC2)c1. The van der Waals surface area contributed by atoms with Crippen molar-refractivity contribution < 1.29 is 27.1 Å². The van der Waals surface area contributed by atoms with Crippen LogP contribution >= 0.6 is 0 Å². The molecule has 0 saturated heterocycles. The second kappa shape index (κ2) is 14.4. The molecule has 0 spiro atoms. The van der Waals surface area contributed by atoms with Crippen LogP contribution < -0.4 is 16.0 Å². The molecule has 0 aromatic heterocycles. The van der Waals surface area contributed by atoms with Crippen LogP contribution in [0.3, 0.4) is 0 Å². The van der Waals surface area contributed by atoms with E-state index in [0.717, 1.165) is 50.0 Å². The van der Waals surface area contributed by atoms with Crippen molar-refractivity contribution in [1.29, 1.82) is 0 Å². The highest BCUT2D eigenvalue weighted by atomic mass is 32.2. The summed E-state index contributed by atoms with van der Waals surface area (Å²) in [7, 11) is -3.29. The number of benzene rings is 3. The van der Waals surface area contributed by atoms with Gasteiger partial charge in [0.1, 0.15) is 17.5 Å². The number of sulfone groups is 1. The normalized spacial score (nSPS) is 16.5. The molecule has 0 heterocycles. The van der Waals surface area contributed by atoms with Crippen LogP contribution in [0.1, 0.15) is 79.9 Å². The maximum Gasteiger partial charge on any atom is 0.251 e. The average molecular weight is 642 g/mol. The molecule has 4 N–H and O–H groups in total. The van der Waals surface area contributed by atoms with Crippen LogP contribution in [0.25, 0.3) is 0 Å². The molecule has 244 valence electrons. The number of hydrogen-bond donors (Lipinski definition) is 4. The molecule has 7 nitrogen and oxygen atoms in total. The maximum atomic E-state index is 14.1. The first kappa shape index (κ1) is 34.5. The van der Waals surface area contributed by atoms with E-state index in [9.17, 15) is 27.1 Å². The van der Waals surface area contributed by atoms with Gasteiger partial charge in [-0.1, -0.05) is 70.4 Å². The van der Waals surface area contributed by atoms with E-state index >= 15 is 0 Å². The van der Waals surface area contributed by atoms with Crippen LogP contribution in [0.15, 0.2) is 66.7 Å². The van der Waals surface area contributed by atoms with E-state index in [1.807, 2.05) is 0 Å². The van der Waals surface area contributed by atoms with Gasteiger partial charge in [-0.25, -0.2) is 17.2 Å². The molecular weight excluding hydrogens is 596 g/mol. The van der Waals surface area contributed by atoms with Crippen LogP contribution in [0.2, 0.25) is 0 Å². The molecular formula is C35H45F2N3O4S. The van der Waals surface area contributed by atoms with Crippen molar-refractivity contribution in [2.24, 2.45) is 0 Å². The number of amides is 1. The van der Waals surface area contributed by atoms with Crippen molar-refractivity contribution in [3.8, 4) is 0 Å². The average Bonchev–Trinajstić information content (AvgIpc) is 2.98. The number of halogens is 2. The predicted octanol–water partition coefficient (Wildman–Crippen LogP) is 5.83. The Morgan fingerprint density at radius 2 is 1.62 bits per heavy atom. The van der Waals surface area contributed by atoms with Gasteiger partial charge in [0.05, 0.1) is 12.1 Å². The second-order valence-corrected chi connectivity index (χ2v) is 15.5. The number of anilines is 1. The first-order chi connectivity index (χ1) is 21.1. The van der Waals surface area contributed by atoms with Gasteiger partial charge < -0.3 is 21.1 Å². The molecule has 10 heteroatoms. The standard InChI is InChI=1S/C35H45F2N3O4S/c1-34(2,3)26-11-9-12-27(20-26)35(14-6-5-7-15-35)39-22-32(41)31(18-24-16-28(36)21-29(37)17-24)40-33(42)25-10-8-13-30(19-25)38-23-45(4,43)44/h8-13,16-17,19-21,31-32,38-39,41H,5-7,14-15,18,22-23H2,1-4H3,(H,40,42). The van der Waals surface area contributed by atoms with E-state index in [-0.39, 0.29) is 35.4 Å². The molecule has 2 atom stereocenters. The lowest BCUT2D eigenvalue weighted by molar-refractivity contribution is 0.0788. The fraction of sp³-hybridized carbons (Fsp3) is 0.457. The lowest BCUT2D eigenvalue weighted by atomic mass is 9.74. The summed E-state index contributed by atoms with van der Waals surface area (Å²) in [6.45, 7) is 6.67. The van der Waals surface area contributed by atoms with E-state index in [1.165, 1.54) is 23.8 Å². The van der Waals surface area contributed by atoms with E-state index in [1.54, 1.807) is 18.2 Å². The van der Waals surface area contributed by atoms with Crippen molar-refractivity contribution in [2.45, 2.75) is 82.4 Å². The molecule has 2 unspecified atom stereocenters. The summed E-state index contributed by atoms with van der Waals surface area (Å²) < 4.78 is 51.4.